The van der Waals surface area contributed by atoms with Crippen molar-refractivity contribution >= 4 is 19.8 Å². The molecule has 3 aromatic carbocycles. The van der Waals surface area contributed by atoms with Crippen LogP contribution in [0.1, 0.15) is 28.4 Å². The van der Waals surface area contributed by atoms with E-state index in [0.29, 0.717) is 0 Å². The van der Waals surface area contributed by atoms with Gasteiger partial charge in [-0.15, -0.1) is 0 Å². The highest BCUT2D eigenvalue weighted by Gasteiger charge is 2.18. The van der Waals surface area contributed by atoms with Crippen molar-refractivity contribution in [1.82, 2.24) is 0 Å². The molecule has 0 atom stereocenters. The molecule has 0 bridgehead atoms. The highest BCUT2D eigenvalue weighted by atomic mass is 28.3. The molecule has 0 heterocycles. The molecule has 2 heteroatoms. The summed E-state index contributed by atoms with van der Waals surface area (Å²) in [4.78, 5) is 13.1. The van der Waals surface area contributed by atoms with Gasteiger partial charge in [0.1, 0.15) is 0 Å². The Hall–Kier alpha value is -2.45. The van der Waals surface area contributed by atoms with Crippen LogP contribution in [0.15, 0.2) is 72.8 Å². The Morgan fingerprint density at radius 1 is 0.800 bits per heavy atom. The lowest BCUT2D eigenvalue weighted by Crippen LogP contribution is -2.32. The molecule has 0 amide bonds. The Morgan fingerprint density at radius 3 is 2.04 bits per heavy atom. The summed E-state index contributed by atoms with van der Waals surface area (Å²) in [7, 11) is -0.707. The summed E-state index contributed by atoms with van der Waals surface area (Å²) in [6.45, 7) is 6.68. The van der Waals surface area contributed by atoms with Gasteiger partial charge in [-0.05, 0) is 28.3 Å². The third-order valence-corrected chi connectivity index (χ3v) is 6.12. The Balaban J connectivity index is 1.97. The van der Waals surface area contributed by atoms with Crippen molar-refractivity contribution in [3.8, 4) is 11.1 Å². The summed E-state index contributed by atoms with van der Waals surface area (Å²) in [5, 5.41) is 1.28. The number of ketones is 1. The van der Waals surface area contributed by atoms with Crippen molar-refractivity contribution in [3.63, 3.8) is 0 Å². The van der Waals surface area contributed by atoms with Crippen LogP contribution in [0, 0.1) is 0 Å². The van der Waals surface area contributed by atoms with E-state index >= 15 is 0 Å². The van der Waals surface area contributed by atoms with E-state index in [1.54, 1.807) is 0 Å². The largest absolute Gasteiger partial charge is 0.289 e. The van der Waals surface area contributed by atoms with Gasteiger partial charge in [-0.1, -0.05) is 92.8 Å². The second-order valence-corrected chi connectivity index (χ2v) is 8.97. The topological polar surface area (TPSA) is 17.1 Å². The molecule has 3 aromatic rings. The van der Waals surface area contributed by atoms with E-state index in [4.69, 9.17) is 0 Å². The second kappa shape index (κ2) is 7.62. The van der Waals surface area contributed by atoms with E-state index < -0.39 is 8.80 Å². The quantitative estimate of drug-likeness (QED) is 0.465. The molecule has 0 saturated carbocycles. The van der Waals surface area contributed by atoms with Crippen LogP contribution in [0.2, 0.25) is 13.1 Å². The van der Waals surface area contributed by atoms with Crippen LogP contribution in [0.25, 0.3) is 11.1 Å². The number of benzene rings is 3. The molecule has 0 aliphatic heterocycles. The van der Waals surface area contributed by atoms with Gasteiger partial charge in [0.05, 0.1) is 8.80 Å². The number of hydrogen-bond acceptors (Lipinski definition) is 1. The van der Waals surface area contributed by atoms with Gasteiger partial charge in [-0.2, -0.15) is 0 Å². The van der Waals surface area contributed by atoms with E-state index in [9.17, 15) is 4.79 Å². The number of hydrogen-bond donors (Lipinski definition) is 0. The minimum Gasteiger partial charge on any atom is -0.289 e. The van der Waals surface area contributed by atoms with Crippen molar-refractivity contribution in [2.24, 2.45) is 0 Å². The third-order valence-electron chi connectivity index (χ3n) is 4.53. The second-order valence-electron chi connectivity index (χ2n) is 6.47. The first-order chi connectivity index (χ1) is 12.1. The van der Waals surface area contributed by atoms with Crippen LogP contribution in [0.3, 0.4) is 0 Å². The van der Waals surface area contributed by atoms with Crippen molar-refractivity contribution in [1.29, 1.82) is 0 Å². The fourth-order valence-corrected chi connectivity index (χ4v) is 4.91. The first kappa shape index (κ1) is 17.4. The zero-order chi connectivity index (χ0) is 17.8. The predicted octanol–water partition coefficient (Wildman–Crippen LogP) is 5.11. The molecule has 125 valence electrons. The highest BCUT2D eigenvalue weighted by molar-refractivity contribution is 6.72. The summed E-state index contributed by atoms with van der Waals surface area (Å²) >= 11 is 0. The van der Waals surface area contributed by atoms with Gasteiger partial charge in [0, 0.05) is 11.1 Å². The molecule has 0 unspecified atom stereocenters. The van der Waals surface area contributed by atoms with Gasteiger partial charge in [0.2, 0.25) is 0 Å². The average Bonchev–Trinajstić information content (AvgIpc) is 2.67. The van der Waals surface area contributed by atoms with Crippen LogP contribution in [-0.4, -0.2) is 14.6 Å². The van der Waals surface area contributed by atoms with Gasteiger partial charge < -0.3 is 0 Å². The Bertz CT molecular complexity index is 864. The molecule has 0 fully saturated rings. The van der Waals surface area contributed by atoms with Crippen molar-refractivity contribution in [2.45, 2.75) is 26.4 Å². The monoisotopic (exact) mass is 343 g/mol. The number of carbonyl (C=O) groups is 1. The molecule has 1 radical (unpaired) electrons. The predicted molar refractivity (Wildman–Crippen MR) is 108 cm³/mol. The van der Waals surface area contributed by atoms with Crippen molar-refractivity contribution < 1.29 is 4.79 Å². The zero-order valence-electron chi connectivity index (χ0n) is 15.0. The molecule has 0 saturated heterocycles. The van der Waals surface area contributed by atoms with E-state index in [1.807, 2.05) is 54.6 Å². The van der Waals surface area contributed by atoms with E-state index in [-0.39, 0.29) is 5.78 Å². The van der Waals surface area contributed by atoms with E-state index in [1.165, 1.54) is 16.3 Å². The summed E-state index contributed by atoms with van der Waals surface area (Å²) in [6.07, 6.45) is 0.971. The maximum absolute atomic E-state index is 13.1. The fourth-order valence-electron chi connectivity index (χ4n) is 3.27. The zero-order valence-corrected chi connectivity index (χ0v) is 16.0. The van der Waals surface area contributed by atoms with Gasteiger partial charge in [-0.3, -0.25) is 4.79 Å². The van der Waals surface area contributed by atoms with Gasteiger partial charge in [-0.25, -0.2) is 0 Å². The number of carbonyl (C=O) groups excluding carboxylic acids is 1. The minimum atomic E-state index is -0.707. The van der Waals surface area contributed by atoms with E-state index in [0.717, 1.165) is 23.1 Å². The Kier molecular flexibility index (Phi) is 5.30. The smallest absolute Gasteiger partial charge is 0.192 e. The molecule has 0 aliphatic carbocycles. The maximum atomic E-state index is 13.1. The molecule has 0 aromatic heterocycles. The molecular weight excluding hydrogens is 320 g/mol. The fraction of sp³-hybridized carbons (Fsp3) is 0.174. The van der Waals surface area contributed by atoms with E-state index in [2.05, 4.69) is 38.2 Å². The minimum absolute atomic E-state index is 0.135. The summed E-state index contributed by atoms with van der Waals surface area (Å²) in [5.74, 6) is 0.135. The summed E-state index contributed by atoms with van der Waals surface area (Å²) < 4.78 is 0. The molecule has 25 heavy (non-hydrogen) atoms. The van der Waals surface area contributed by atoms with Gasteiger partial charge >= 0.3 is 0 Å². The maximum Gasteiger partial charge on any atom is 0.192 e. The lowest BCUT2D eigenvalue weighted by Gasteiger charge is -2.16. The van der Waals surface area contributed by atoms with Crippen LogP contribution in [0.5, 0.6) is 0 Å². The normalized spacial score (nSPS) is 10.9. The first-order valence-electron chi connectivity index (χ1n) is 8.74. The first-order valence-corrected chi connectivity index (χ1v) is 11.2. The van der Waals surface area contributed by atoms with Gasteiger partial charge in [0.15, 0.2) is 5.78 Å². The molecule has 3 rings (SSSR count). The lowest BCUT2D eigenvalue weighted by molar-refractivity contribution is 0.103. The molecule has 0 spiro atoms. The average molecular weight is 344 g/mol. The summed E-state index contributed by atoms with van der Waals surface area (Å²) in [6, 6.07) is 24.4. The van der Waals surface area contributed by atoms with Crippen molar-refractivity contribution in [3.05, 3.63) is 89.5 Å². The molecule has 0 aliphatic rings. The SMILES string of the molecule is CCc1cccc(C(=O)c2ccc(-c3ccccc3)cc2)c1[Si](C)C. The highest BCUT2D eigenvalue weighted by Crippen LogP contribution is 2.20. The van der Waals surface area contributed by atoms with Gasteiger partial charge in [0.25, 0.3) is 0 Å². The standard InChI is InChI=1S/C23H23OSi/c1-4-17-11-8-12-21(23(17)25(2)3)22(24)20-15-13-19(14-16-20)18-9-6-5-7-10-18/h5-16H,4H2,1-3H3. The number of aryl methyl sites for hydroxylation is 1. The molecular formula is C23H23OSi. The lowest BCUT2D eigenvalue weighted by atomic mass is 9.98. The number of rotatable bonds is 5. The third kappa shape index (κ3) is 3.64. The Morgan fingerprint density at radius 2 is 1.44 bits per heavy atom. The molecule has 1 nitrogen and oxygen atoms in total. The summed E-state index contributed by atoms with van der Waals surface area (Å²) in [5.41, 5.74) is 5.26. The van der Waals surface area contributed by atoms with Crippen molar-refractivity contribution in [2.75, 3.05) is 0 Å². The molecule has 0 N–H and O–H groups in total. The van der Waals surface area contributed by atoms with Crippen LogP contribution < -0.4 is 5.19 Å². The Labute approximate surface area is 152 Å². The van der Waals surface area contributed by atoms with Crippen LogP contribution in [-0.2, 0) is 6.42 Å². The van der Waals surface area contributed by atoms with Crippen LogP contribution >= 0.6 is 0 Å². The van der Waals surface area contributed by atoms with Crippen LogP contribution in [0.4, 0.5) is 0 Å².